The van der Waals surface area contributed by atoms with Crippen LogP contribution in [0, 0.1) is 0 Å². The van der Waals surface area contributed by atoms with Crippen LogP contribution >= 0.6 is 0 Å². The molecule has 0 aromatic heterocycles. The van der Waals surface area contributed by atoms with Crippen LogP contribution in [0.3, 0.4) is 0 Å². The number of carboxylic acid groups (broad SMARTS) is 1. The Morgan fingerprint density at radius 2 is 1.82 bits per heavy atom. The van der Waals surface area contributed by atoms with Gasteiger partial charge >= 0.3 is 5.97 Å². The van der Waals surface area contributed by atoms with Gasteiger partial charge in [0.15, 0.2) is 0 Å². The molecule has 0 aliphatic carbocycles. The summed E-state index contributed by atoms with van der Waals surface area (Å²) in [4.78, 5) is 23.9. The largest absolute Gasteiger partial charge is 0.481 e. The Morgan fingerprint density at radius 1 is 1.12 bits per heavy atom. The Morgan fingerprint density at radius 3 is 2.47 bits per heavy atom. The Bertz CT molecular complexity index is 250. The summed E-state index contributed by atoms with van der Waals surface area (Å²) < 4.78 is 0. The van der Waals surface area contributed by atoms with Gasteiger partial charge in [-0.25, -0.2) is 0 Å². The molecule has 0 bridgehead atoms. The predicted molar refractivity (Wildman–Crippen MR) is 64.8 cm³/mol. The van der Waals surface area contributed by atoms with Gasteiger partial charge in [0, 0.05) is 13.0 Å². The van der Waals surface area contributed by atoms with Gasteiger partial charge in [-0.3, -0.25) is 9.59 Å². The van der Waals surface area contributed by atoms with E-state index in [1.165, 1.54) is 32.4 Å². The molecule has 17 heavy (non-hydrogen) atoms. The van der Waals surface area contributed by atoms with Crippen molar-refractivity contribution in [3.05, 3.63) is 0 Å². The SMILES string of the molecule is O=C(O)CCC(=O)NCCCN1CCCCC1. The Hall–Kier alpha value is -1.10. The monoisotopic (exact) mass is 242 g/mol. The van der Waals surface area contributed by atoms with E-state index in [0.717, 1.165) is 13.0 Å². The number of carbonyl (C=O) groups is 2. The summed E-state index contributed by atoms with van der Waals surface area (Å²) in [5.74, 6) is -1.08. The lowest BCUT2D eigenvalue weighted by atomic mass is 10.1. The quantitative estimate of drug-likeness (QED) is 0.649. The molecular formula is C12H22N2O3. The third-order valence-electron chi connectivity index (χ3n) is 2.99. The number of rotatable bonds is 7. The zero-order chi connectivity index (χ0) is 12.5. The van der Waals surface area contributed by atoms with Crippen LogP contribution < -0.4 is 5.32 Å². The lowest BCUT2D eigenvalue weighted by Crippen LogP contribution is -2.33. The molecule has 1 aliphatic heterocycles. The first kappa shape index (κ1) is 14.0. The van der Waals surface area contributed by atoms with Crippen molar-refractivity contribution in [2.75, 3.05) is 26.2 Å². The standard InChI is InChI=1S/C12H22N2O3/c15-11(5-6-12(16)17)13-7-4-10-14-8-2-1-3-9-14/h1-10H2,(H,13,15)(H,16,17). The molecule has 0 radical (unpaired) electrons. The van der Waals surface area contributed by atoms with Crippen LogP contribution in [0.1, 0.15) is 38.5 Å². The fourth-order valence-corrected chi connectivity index (χ4v) is 2.02. The minimum atomic E-state index is -0.923. The van der Waals surface area contributed by atoms with Crippen molar-refractivity contribution in [3.63, 3.8) is 0 Å². The minimum absolute atomic E-state index is 0.0824. The topological polar surface area (TPSA) is 69.6 Å². The van der Waals surface area contributed by atoms with Crippen molar-refractivity contribution >= 4 is 11.9 Å². The van der Waals surface area contributed by atoms with Crippen LogP contribution in [-0.4, -0.2) is 48.1 Å². The van der Waals surface area contributed by atoms with E-state index in [0.29, 0.717) is 6.54 Å². The van der Waals surface area contributed by atoms with E-state index in [-0.39, 0.29) is 18.7 Å². The molecule has 0 atom stereocenters. The van der Waals surface area contributed by atoms with Crippen LogP contribution in [0.5, 0.6) is 0 Å². The summed E-state index contributed by atoms with van der Waals surface area (Å²) in [5.41, 5.74) is 0. The Kier molecular flexibility index (Phi) is 6.62. The molecule has 1 amide bonds. The first-order valence-corrected chi connectivity index (χ1v) is 6.39. The smallest absolute Gasteiger partial charge is 0.303 e. The van der Waals surface area contributed by atoms with E-state index in [1.54, 1.807) is 0 Å². The van der Waals surface area contributed by atoms with Gasteiger partial charge in [0.05, 0.1) is 6.42 Å². The highest BCUT2D eigenvalue weighted by Crippen LogP contribution is 2.08. The fraction of sp³-hybridized carbons (Fsp3) is 0.833. The summed E-state index contributed by atoms with van der Waals surface area (Å²) in [6.45, 7) is 4.02. The third-order valence-corrected chi connectivity index (χ3v) is 2.99. The molecule has 0 unspecified atom stereocenters. The number of nitrogens with one attached hydrogen (secondary N) is 1. The van der Waals surface area contributed by atoms with E-state index in [2.05, 4.69) is 10.2 Å². The number of hydrogen-bond acceptors (Lipinski definition) is 3. The molecule has 2 N–H and O–H groups in total. The van der Waals surface area contributed by atoms with Gasteiger partial charge in [0.1, 0.15) is 0 Å². The maximum absolute atomic E-state index is 11.2. The van der Waals surface area contributed by atoms with Gasteiger partial charge in [-0.1, -0.05) is 6.42 Å². The Balaban J connectivity index is 1.95. The van der Waals surface area contributed by atoms with Gasteiger partial charge in [0.2, 0.25) is 5.91 Å². The normalized spacial score (nSPS) is 16.7. The number of piperidine rings is 1. The fourth-order valence-electron chi connectivity index (χ4n) is 2.02. The van der Waals surface area contributed by atoms with E-state index in [9.17, 15) is 9.59 Å². The second-order valence-electron chi connectivity index (χ2n) is 4.50. The van der Waals surface area contributed by atoms with Crippen molar-refractivity contribution in [2.24, 2.45) is 0 Å². The average molecular weight is 242 g/mol. The summed E-state index contributed by atoms with van der Waals surface area (Å²) in [6.07, 6.45) is 4.84. The Labute approximate surface area is 102 Å². The second kappa shape index (κ2) is 8.06. The lowest BCUT2D eigenvalue weighted by Gasteiger charge is -2.26. The average Bonchev–Trinajstić information content (AvgIpc) is 2.33. The number of amides is 1. The highest BCUT2D eigenvalue weighted by atomic mass is 16.4. The number of likely N-dealkylation sites (tertiary alicyclic amines) is 1. The van der Waals surface area contributed by atoms with Gasteiger partial charge < -0.3 is 15.3 Å². The summed E-state index contributed by atoms with van der Waals surface area (Å²) >= 11 is 0. The first-order chi connectivity index (χ1) is 8.18. The molecule has 0 spiro atoms. The number of hydrogen-bond donors (Lipinski definition) is 2. The van der Waals surface area contributed by atoms with E-state index in [1.807, 2.05) is 0 Å². The molecule has 5 nitrogen and oxygen atoms in total. The van der Waals surface area contributed by atoms with E-state index < -0.39 is 5.97 Å². The van der Waals surface area contributed by atoms with Crippen molar-refractivity contribution in [3.8, 4) is 0 Å². The maximum atomic E-state index is 11.2. The zero-order valence-electron chi connectivity index (χ0n) is 10.3. The van der Waals surface area contributed by atoms with Crippen molar-refractivity contribution in [2.45, 2.75) is 38.5 Å². The summed E-state index contributed by atoms with van der Waals surface area (Å²) in [7, 11) is 0. The lowest BCUT2D eigenvalue weighted by molar-refractivity contribution is -0.138. The number of carboxylic acids is 1. The molecule has 0 saturated carbocycles. The molecule has 1 saturated heterocycles. The van der Waals surface area contributed by atoms with Crippen LogP contribution in [0.4, 0.5) is 0 Å². The highest BCUT2D eigenvalue weighted by Gasteiger charge is 2.09. The van der Waals surface area contributed by atoms with Gasteiger partial charge in [-0.05, 0) is 38.9 Å². The third kappa shape index (κ3) is 6.94. The van der Waals surface area contributed by atoms with Gasteiger partial charge in [-0.15, -0.1) is 0 Å². The number of aliphatic carboxylic acids is 1. The van der Waals surface area contributed by atoms with Crippen molar-refractivity contribution < 1.29 is 14.7 Å². The molecule has 98 valence electrons. The molecule has 5 heteroatoms. The molecule has 1 heterocycles. The highest BCUT2D eigenvalue weighted by molar-refractivity contribution is 5.80. The first-order valence-electron chi connectivity index (χ1n) is 6.39. The molecule has 1 aliphatic rings. The van der Waals surface area contributed by atoms with Crippen LogP contribution in [0.15, 0.2) is 0 Å². The van der Waals surface area contributed by atoms with Gasteiger partial charge in [0.25, 0.3) is 0 Å². The van der Waals surface area contributed by atoms with Crippen LogP contribution in [0.25, 0.3) is 0 Å². The number of nitrogens with zero attached hydrogens (tertiary/aromatic N) is 1. The molecule has 1 fully saturated rings. The number of carbonyl (C=O) groups excluding carboxylic acids is 1. The van der Waals surface area contributed by atoms with Crippen LogP contribution in [-0.2, 0) is 9.59 Å². The van der Waals surface area contributed by atoms with Crippen molar-refractivity contribution in [1.82, 2.24) is 10.2 Å². The molecular weight excluding hydrogens is 220 g/mol. The summed E-state index contributed by atoms with van der Waals surface area (Å²) in [5, 5.41) is 11.2. The van der Waals surface area contributed by atoms with Crippen LogP contribution in [0.2, 0.25) is 0 Å². The zero-order valence-corrected chi connectivity index (χ0v) is 10.3. The molecule has 1 rings (SSSR count). The second-order valence-corrected chi connectivity index (χ2v) is 4.50. The minimum Gasteiger partial charge on any atom is -0.481 e. The van der Waals surface area contributed by atoms with E-state index >= 15 is 0 Å². The maximum Gasteiger partial charge on any atom is 0.303 e. The van der Waals surface area contributed by atoms with Gasteiger partial charge in [-0.2, -0.15) is 0 Å². The molecule has 0 aromatic rings. The predicted octanol–water partition coefficient (Wildman–Crippen LogP) is 0.843. The summed E-state index contributed by atoms with van der Waals surface area (Å²) in [6, 6.07) is 0. The van der Waals surface area contributed by atoms with Crippen molar-refractivity contribution in [1.29, 1.82) is 0 Å². The van der Waals surface area contributed by atoms with E-state index in [4.69, 9.17) is 5.11 Å². The molecule has 0 aromatic carbocycles.